The second-order valence-electron chi connectivity index (χ2n) is 5.75. The van der Waals surface area contributed by atoms with Gasteiger partial charge in [-0.25, -0.2) is 9.97 Å². The van der Waals surface area contributed by atoms with E-state index in [9.17, 15) is 0 Å². The standard InChI is InChI=1S/C18H18ClN5O/c1-11(2)12-3-6-14(7-4-12)25-18-16(20)17(22-10-23-18)24-15-8-5-13(19)9-21-15/h3-11H,20H2,1-2H3,(H,21,22,23,24). The molecule has 1 aromatic carbocycles. The summed E-state index contributed by atoms with van der Waals surface area (Å²) >= 11 is 5.83. The van der Waals surface area contributed by atoms with Gasteiger partial charge in [0.2, 0.25) is 5.88 Å². The van der Waals surface area contributed by atoms with Crippen molar-refractivity contribution >= 4 is 28.9 Å². The number of hydrogen-bond donors (Lipinski definition) is 2. The number of nitrogen functional groups attached to an aromatic ring is 1. The number of ether oxygens (including phenoxy) is 1. The van der Waals surface area contributed by atoms with Crippen molar-refractivity contribution < 1.29 is 4.74 Å². The summed E-state index contributed by atoms with van der Waals surface area (Å²) in [5.41, 5.74) is 7.65. The molecule has 6 nitrogen and oxygen atoms in total. The Hall–Kier alpha value is -2.86. The van der Waals surface area contributed by atoms with E-state index >= 15 is 0 Å². The number of nitrogens with two attached hydrogens (primary N) is 1. The Balaban J connectivity index is 1.79. The molecule has 0 atom stereocenters. The Morgan fingerprint density at radius 3 is 2.44 bits per heavy atom. The molecular formula is C18H18ClN5O. The zero-order chi connectivity index (χ0) is 17.8. The summed E-state index contributed by atoms with van der Waals surface area (Å²) in [7, 11) is 0. The largest absolute Gasteiger partial charge is 0.437 e. The number of benzene rings is 1. The molecule has 0 spiro atoms. The van der Waals surface area contributed by atoms with Gasteiger partial charge in [-0.3, -0.25) is 0 Å². The predicted octanol–water partition coefficient (Wildman–Crippen LogP) is 4.77. The maximum Gasteiger partial charge on any atom is 0.248 e. The van der Waals surface area contributed by atoms with Gasteiger partial charge in [0.1, 0.15) is 23.6 Å². The lowest BCUT2D eigenvalue weighted by molar-refractivity contribution is 0.464. The molecule has 3 aromatic rings. The molecule has 0 fully saturated rings. The van der Waals surface area contributed by atoms with E-state index in [0.717, 1.165) is 0 Å². The lowest BCUT2D eigenvalue weighted by Crippen LogP contribution is -2.04. The van der Waals surface area contributed by atoms with Gasteiger partial charge in [0.05, 0.1) is 5.02 Å². The number of aromatic nitrogens is 3. The van der Waals surface area contributed by atoms with Crippen LogP contribution in [0.25, 0.3) is 0 Å². The highest BCUT2D eigenvalue weighted by Gasteiger charge is 2.11. The van der Waals surface area contributed by atoms with Crippen LogP contribution in [-0.2, 0) is 0 Å². The first-order valence-electron chi connectivity index (χ1n) is 7.80. The average molecular weight is 356 g/mol. The fraction of sp³-hybridized carbons (Fsp3) is 0.167. The van der Waals surface area contributed by atoms with Crippen LogP contribution in [0.3, 0.4) is 0 Å². The Morgan fingerprint density at radius 1 is 1.04 bits per heavy atom. The lowest BCUT2D eigenvalue weighted by Gasteiger charge is -2.12. The summed E-state index contributed by atoms with van der Waals surface area (Å²) in [6.07, 6.45) is 2.92. The molecule has 3 rings (SSSR count). The minimum absolute atomic E-state index is 0.281. The van der Waals surface area contributed by atoms with E-state index in [0.29, 0.717) is 34.0 Å². The van der Waals surface area contributed by atoms with Crippen LogP contribution in [0.2, 0.25) is 5.02 Å². The smallest absolute Gasteiger partial charge is 0.248 e. The molecule has 0 saturated heterocycles. The fourth-order valence-corrected chi connectivity index (χ4v) is 2.28. The quantitative estimate of drug-likeness (QED) is 0.685. The summed E-state index contributed by atoms with van der Waals surface area (Å²) in [6.45, 7) is 4.28. The normalized spacial score (nSPS) is 10.7. The monoisotopic (exact) mass is 355 g/mol. The first kappa shape index (κ1) is 17.0. The van der Waals surface area contributed by atoms with Crippen LogP contribution in [0.5, 0.6) is 11.6 Å². The summed E-state index contributed by atoms with van der Waals surface area (Å²) in [4.78, 5) is 12.4. The molecule has 0 amide bonds. The molecule has 2 aromatic heterocycles. The Morgan fingerprint density at radius 2 is 1.80 bits per heavy atom. The van der Waals surface area contributed by atoms with Gasteiger partial charge in [-0.1, -0.05) is 37.6 Å². The second kappa shape index (κ2) is 7.36. The van der Waals surface area contributed by atoms with Crippen molar-refractivity contribution in [3.05, 3.63) is 59.5 Å². The summed E-state index contributed by atoms with van der Waals surface area (Å²) in [5, 5.41) is 3.57. The Labute approximate surface area is 151 Å². The molecule has 25 heavy (non-hydrogen) atoms. The molecule has 128 valence electrons. The van der Waals surface area contributed by atoms with E-state index in [4.69, 9.17) is 22.1 Å². The minimum Gasteiger partial charge on any atom is -0.437 e. The molecule has 0 aliphatic rings. The fourth-order valence-electron chi connectivity index (χ4n) is 2.16. The van der Waals surface area contributed by atoms with Crippen LogP contribution >= 0.6 is 11.6 Å². The first-order chi connectivity index (χ1) is 12.0. The van der Waals surface area contributed by atoms with Crippen LogP contribution in [-0.4, -0.2) is 15.0 Å². The van der Waals surface area contributed by atoms with E-state index in [1.165, 1.54) is 18.1 Å². The van der Waals surface area contributed by atoms with Crippen molar-refractivity contribution in [2.24, 2.45) is 0 Å². The van der Waals surface area contributed by atoms with Crippen molar-refractivity contribution in [2.45, 2.75) is 19.8 Å². The third-order valence-electron chi connectivity index (χ3n) is 3.58. The van der Waals surface area contributed by atoms with Crippen LogP contribution < -0.4 is 15.8 Å². The van der Waals surface area contributed by atoms with E-state index in [-0.39, 0.29) is 5.88 Å². The molecular weight excluding hydrogens is 338 g/mol. The molecule has 0 radical (unpaired) electrons. The molecule has 3 N–H and O–H groups in total. The van der Waals surface area contributed by atoms with Gasteiger partial charge in [0, 0.05) is 6.20 Å². The SMILES string of the molecule is CC(C)c1ccc(Oc2ncnc(Nc3ccc(Cl)cn3)c2N)cc1. The number of nitrogens with one attached hydrogen (secondary N) is 1. The van der Waals surface area contributed by atoms with Crippen LogP contribution in [0.15, 0.2) is 48.9 Å². The maximum atomic E-state index is 6.12. The molecule has 0 aliphatic heterocycles. The van der Waals surface area contributed by atoms with E-state index in [1.807, 2.05) is 24.3 Å². The lowest BCUT2D eigenvalue weighted by atomic mass is 10.0. The van der Waals surface area contributed by atoms with E-state index in [1.54, 1.807) is 12.1 Å². The summed E-state index contributed by atoms with van der Waals surface area (Å²) in [5.74, 6) is 2.38. The minimum atomic E-state index is 0.281. The predicted molar refractivity (Wildman–Crippen MR) is 99.6 cm³/mol. The zero-order valence-electron chi connectivity index (χ0n) is 13.9. The molecule has 0 saturated carbocycles. The number of pyridine rings is 1. The Kier molecular flexibility index (Phi) is 5.00. The van der Waals surface area contributed by atoms with Crippen molar-refractivity contribution in [1.29, 1.82) is 0 Å². The highest BCUT2D eigenvalue weighted by molar-refractivity contribution is 6.30. The molecule has 0 bridgehead atoms. The Bertz CT molecular complexity index is 850. The van der Waals surface area contributed by atoms with Gasteiger partial charge in [0.25, 0.3) is 0 Å². The van der Waals surface area contributed by atoms with Gasteiger partial charge in [-0.2, -0.15) is 4.98 Å². The van der Waals surface area contributed by atoms with Gasteiger partial charge in [-0.15, -0.1) is 0 Å². The average Bonchev–Trinajstić information content (AvgIpc) is 2.61. The van der Waals surface area contributed by atoms with Crippen LogP contribution in [0, 0.1) is 0 Å². The topological polar surface area (TPSA) is 86.0 Å². The van der Waals surface area contributed by atoms with E-state index < -0.39 is 0 Å². The highest BCUT2D eigenvalue weighted by Crippen LogP contribution is 2.31. The van der Waals surface area contributed by atoms with Crippen molar-refractivity contribution in [3.63, 3.8) is 0 Å². The molecule has 0 aliphatic carbocycles. The number of anilines is 3. The third kappa shape index (κ3) is 4.16. The maximum absolute atomic E-state index is 6.12. The highest BCUT2D eigenvalue weighted by atomic mass is 35.5. The van der Waals surface area contributed by atoms with Gasteiger partial charge in [-0.05, 0) is 35.7 Å². The van der Waals surface area contributed by atoms with Gasteiger partial charge in [0.15, 0.2) is 5.82 Å². The number of rotatable bonds is 5. The van der Waals surface area contributed by atoms with Crippen LogP contribution in [0.1, 0.15) is 25.3 Å². The number of nitrogens with zero attached hydrogens (tertiary/aromatic N) is 3. The second-order valence-corrected chi connectivity index (χ2v) is 6.19. The number of halogens is 1. The zero-order valence-corrected chi connectivity index (χ0v) is 14.7. The third-order valence-corrected chi connectivity index (χ3v) is 3.81. The molecule has 2 heterocycles. The van der Waals surface area contributed by atoms with E-state index in [2.05, 4.69) is 34.1 Å². The van der Waals surface area contributed by atoms with Crippen molar-refractivity contribution in [1.82, 2.24) is 15.0 Å². The van der Waals surface area contributed by atoms with Gasteiger partial charge < -0.3 is 15.8 Å². The first-order valence-corrected chi connectivity index (χ1v) is 8.17. The van der Waals surface area contributed by atoms with Crippen molar-refractivity contribution in [2.75, 3.05) is 11.1 Å². The van der Waals surface area contributed by atoms with Gasteiger partial charge >= 0.3 is 0 Å². The summed E-state index contributed by atoms with van der Waals surface area (Å²) in [6, 6.07) is 11.3. The van der Waals surface area contributed by atoms with Crippen LogP contribution in [0.4, 0.5) is 17.3 Å². The van der Waals surface area contributed by atoms with Crippen molar-refractivity contribution in [3.8, 4) is 11.6 Å². The summed E-state index contributed by atoms with van der Waals surface area (Å²) < 4.78 is 5.78. The molecule has 7 heteroatoms. The number of hydrogen-bond acceptors (Lipinski definition) is 6. The molecule has 0 unspecified atom stereocenters.